The topological polar surface area (TPSA) is 93.5 Å². The second-order valence-corrected chi connectivity index (χ2v) is 6.41. The quantitative estimate of drug-likeness (QED) is 0.778. The third kappa shape index (κ3) is 3.46. The average Bonchev–Trinajstić information content (AvgIpc) is 2.37. The van der Waals surface area contributed by atoms with Crippen molar-refractivity contribution in [1.82, 2.24) is 0 Å². The van der Waals surface area contributed by atoms with E-state index in [2.05, 4.69) is 10.6 Å². The molecule has 0 radical (unpaired) electrons. The molecular weight excluding hydrogens is 294 g/mol. The first-order valence-electron chi connectivity index (χ1n) is 6.51. The lowest BCUT2D eigenvalue weighted by Crippen LogP contribution is -2.45. The summed E-state index contributed by atoms with van der Waals surface area (Å²) < 4.78 is 5.29. The maximum atomic E-state index is 12.1. The van der Waals surface area contributed by atoms with E-state index in [-0.39, 0.29) is 23.8 Å². The third-order valence-corrected chi connectivity index (χ3v) is 3.49. The zero-order valence-corrected chi connectivity index (χ0v) is 12.9. The lowest BCUT2D eigenvalue weighted by Gasteiger charge is -2.26. The Morgan fingerprint density at radius 1 is 1.48 bits per heavy atom. The monoisotopic (exact) mass is 311 g/mol. The summed E-state index contributed by atoms with van der Waals surface area (Å²) in [5.41, 5.74) is 6.42. The van der Waals surface area contributed by atoms with Crippen LogP contribution in [0.1, 0.15) is 20.8 Å². The normalized spacial score (nSPS) is 15.6. The van der Waals surface area contributed by atoms with Crippen LogP contribution in [0.25, 0.3) is 0 Å². The van der Waals surface area contributed by atoms with Gasteiger partial charge in [0.05, 0.1) is 22.4 Å². The van der Waals surface area contributed by atoms with E-state index >= 15 is 0 Å². The highest BCUT2D eigenvalue weighted by Crippen LogP contribution is 2.36. The maximum Gasteiger partial charge on any atom is 0.262 e. The predicted molar refractivity (Wildman–Crippen MR) is 81.6 cm³/mol. The van der Waals surface area contributed by atoms with Crippen molar-refractivity contribution in [1.29, 1.82) is 0 Å². The number of rotatable bonds is 2. The minimum atomic E-state index is -0.676. The Kier molecular flexibility index (Phi) is 4.11. The van der Waals surface area contributed by atoms with E-state index in [0.717, 1.165) is 0 Å². The van der Waals surface area contributed by atoms with Gasteiger partial charge in [-0.3, -0.25) is 9.59 Å². The van der Waals surface area contributed by atoms with Crippen molar-refractivity contribution in [2.75, 3.05) is 17.2 Å². The van der Waals surface area contributed by atoms with Crippen LogP contribution in [0.2, 0.25) is 5.02 Å². The highest BCUT2D eigenvalue weighted by atomic mass is 35.5. The molecule has 0 aliphatic carbocycles. The predicted octanol–water partition coefficient (Wildman–Crippen LogP) is 1.98. The van der Waals surface area contributed by atoms with E-state index in [1.807, 2.05) is 20.8 Å². The molecule has 21 heavy (non-hydrogen) atoms. The Bertz CT molecular complexity index is 596. The fraction of sp³-hybridized carbons (Fsp3) is 0.429. The van der Waals surface area contributed by atoms with Crippen molar-refractivity contribution < 1.29 is 14.3 Å². The molecule has 2 rings (SSSR count). The molecule has 2 amide bonds. The summed E-state index contributed by atoms with van der Waals surface area (Å²) in [4.78, 5) is 23.4. The first-order valence-corrected chi connectivity index (χ1v) is 6.89. The molecule has 0 spiro atoms. The lowest BCUT2D eigenvalue weighted by molar-refractivity contribution is -0.120. The first-order chi connectivity index (χ1) is 9.68. The molecule has 1 unspecified atom stereocenters. The van der Waals surface area contributed by atoms with Gasteiger partial charge in [-0.05, 0) is 11.5 Å². The molecule has 7 heteroatoms. The largest absolute Gasteiger partial charge is 0.482 e. The van der Waals surface area contributed by atoms with Gasteiger partial charge in [0.1, 0.15) is 5.75 Å². The smallest absolute Gasteiger partial charge is 0.262 e. The van der Waals surface area contributed by atoms with Crippen LogP contribution in [-0.4, -0.2) is 24.5 Å². The zero-order chi connectivity index (χ0) is 15.8. The molecule has 0 aromatic heterocycles. The third-order valence-electron chi connectivity index (χ3n) is 3.18. The Hall–Kier alpha value is -1.79. The number of nitrogens with one attached hydrogen (secondary N) is 2. The number of nitrogens with two attached hydrogens (primary N) is 1. The number of halogens is 1. The minimum Gasteiger partial charge on any atom is -0.482 e. The minimum absolute atomic E-state index is 0.0659. The Balaban J connectivity index is 2.22. The summed E-state index contributed by atoms with van der Waals surface area (Å²) in [5, 5.41) is 5.63. The molecule has 0 saturated carbocycles. The van der Waals surface area contributed by atoms with Gasteiger partial charge in [-0.15, -0.1) is 0 Å². The van der Waals surface area contributed by atoms with Gasteiger partial charge in [-0.25, -0.2) is 0 Å². The van der Waals surface area contributed by atoms with Gasteiger partial charge >= 0.3 is 0 Å². The number of hydrogen-bond donors (Lipinski definition) is 3. The van der Waals surface area contributed by atoms with Crippen LogP contribution in [0.5, 0.6) is 5.75 Å². The van der Waals surface area contributed by atoms with Crippen LogP contribution in [0, 0.1) is 5.41 Å². The summed E-state index contributed by atoms with van der Waals surface area (Å²) in [6.07, 6.45) is 0. The van der Waals surface area contributed by atoms with E-state index < -0.39 is 6.04 Å². The van der Waals surface area contributed by atoms with Crippen LogP contribution >= 0.6 is 11.6 Å². The molecule has 114 valence electrons. The molecule has 1 aromatic rings. The van der Waals surface area contributed by atoms with Gasteiger partial charge in [-0.1, -0.05) is 32.4 Å². The number of anilines is 2. The number of hydrogen-bond acceptors (Lipinski definition) is 4. The number of ether oxygens (including phenoxy) is 1. The number of carbonyl (C=O) groups is 2. The van der Waals surface area contributed by atoms with E-state index in [9.17, 15) is 9.59 Å². The van der Waals surface area contributed by atoms with Crippen molar-refractivity contribution >= 4 is 34.8 Å². The van der Waals surface area contributed by atoms with Gasteiger partial charge in [-0.2, -0.15) is 0 Å². The standard InChI is InChI=1S/C14H18ClN3O3/c1-14(2,3)12(16)13(20)18-8-5-10-9(4-7(8)15)17-11(19)6-21-10/h4-5,12H,6,16H2,1-3H3,(H,17,19)(H,18,20). The molecule has 1 aromatic carbocycles. The fourth-order valence-corrected chi connectivity index (χ4v) is 2.01. The number of benzene rings is 1. The van der Waals surface area contributed by atoms with Crippen molar-refractivity contribution in [2.24, 2.45) is 11.1 Å². The van der Waals surface area contributed by atoms with Gasteiger partial charge < -0.3 is 21.1 Å². The summed E-state index contributed by atoms with van der Waals surface area (Å²) in [7, 11) is 0. The van der Waals surface area contributed by atoms with Gasteiger partial charge in [0.15, 0.2) is 6.61 Å². The van der Waals surface area contributed by atoms with E-state index in [1.54, 1.807) is 6.07 Å². The molecule has 0 bridgehead atoms. The van der Waals surface area contributed by atoms with E-state index in [1.165, 1.54) is 6.07 Å². The molecule has 6 nitrogen and oxygen atoms in total. The molecule has 1 aliphatic heterocycles. The van der Waals surface area contributed by atoms with Crippen LogP contribution in [0.4, 0.5) is 11.4 Å². The Morgan fingerprint density at radius 3 is 2.76 bits per heavy atom. The Morgan fingerprint density at radius 2 is 2.14 bits per heavy atom. The van der Waals surface area contributed by atoms with Crippen molar-refractivity contribution in [3.63, 3.8) is 0 Å². The molecule has 4 N–H and O–H groups in total. The summed E-state index contributed by atoms with van der Waals surface area (Å²) in [6.45, 7) is 5.57. The number of carbonyl (C=O) groups excluding carboxylic acids is 2. The Labute approximate surface area is 128 Å². The second-order valence-electron chi connectivity index (χ2n) is 6.00. The summed E-state index contributed by atoms with van der Waals surface area (Å²) in [5.74, 6) is -0.118. The second kappa shape index (κ2) is 5.54. The van der Waals surface area contributed by atoms with Crippen molar-refractivity contribution in [3.8, 4) is 5.75 Å². The van der Waals surface area contributed by atoms with Crippen LogP contribution in [-0.2, 0) is 9.59 Å². The van der Waals surface area contributed by atoms with Crippen molar-refractivity contribution in [2.45, 2.75) is 26.8 Å². The van der Waals surface area contributed by atoms with Crippen LogP contribution in [0.15, 0.2) is 12.1 Å². The summed E-state index contributed by atoms with van der Waals surface area (Å²) in [6, 6.07) is 2.43. The lowest BCUT2D eigenvalue weighted by atomic mass is 9.87. The molecule has 0 saturated heterocycles. The first kappa shape index (κ1) is 15.6. The number of amides is 2. The van der Waals surface area contributed by atoms with Crippen molar-refractivity contribution in [3.05, 3.63) is 17.2 Å². The van der Waals surface area contributed by atoms with E-state index in [4.69, 9.17) is 22.1 Å². The SMILES string of the molecule is CC(C)(C)C(N)C(=O)Nc1cc2c(cc1Cl)NC(=O)CO2. The molecular formula is C14H18ClN3O3. The maximum absolute atomic E-state index is 12.1. The van der Waals surface area contributed by atoms with Gasteiger partial charge in [0.25, 0.3) is 5.91 Å². The van der Waals surface area contributed by atoms with Gasteiger partial charge in [0, 0.05) is 6.07 Å². The molecule has 1 heterocycles. The zero-order valence-electron chi connectivity index (χ0n) is 12.1. The highest BCUT2D eigenvalue weighted by Gasteiger charge is 2.28. The molecule has 1 aliphatic rings. The van der Waals surface area contributed by atoms with Crippen LogP contribution < -0.4 is 21.1 Å². The highest BCUT2D eigenvalue weighted by molar-refractivity contribution is 6.34. The van der Waals surface area contributed by atoms with Crippen LogP contribution in [0.3, 0.4) is 0 Å². The fourth-order valence-electron chi connectivity index (χ4n) is 1.80. The average molecular weight is 312 g/mol. The summed E-state index contributed by atoms with van der Waals surface area (Å²) >= 11 is 6.11. The van der Waals surface area contributed by atoms with E-state index in [0.29, 0.717) is 22.1 Å². The molecule has 0 fully saturated rings. The van der Waals surface area contributed by atoms with Gasteiger partial charge in [0.2, 0.25) is 5.91 Å². The molecule has 1 atom stereocenters. The number of fused-ring (bicyclic) bond motifs is 1.